The Bertz CT molecular complexity index is 638. The van der Waals surface area contributed by atoms with Gasteiger partial charge in [0.05, 0.1) is 0 Å². The Morgan fingerprint density at radius 2 is 1.00 bits per heavy atom. The number of phenolic OH excluding ortho intramolecular Hbond substituents is 1. The van der Waals surface area contributed by atoms with Crippen molar-refractivity contribution < 1.29 is 5.11 Å². The quantitative estimate of drug-likeness (QED) is 0.612. The predicted octanol–water partition coefficient (Wildman–Crippen LogP) is 5.56. The maximum Gasteiger partial charge on any atom is 0.118 e. The second-order valence-electron chi connectivity index (χ2n) is 4.94. The number of phenols is 1. The van der Waals surface area contributed by atoms with Crippen LogP contribution in [-0.2, 0) is 0 Å². The fourth-order valence-corrected chi connectivity index (χ4v) is 1.88. The number of aromatic hydroxyl groups is 1. The van der Waals surface area contributed by atoms with Crippen LogP contribution in [0.4, 0.5) is 0 Å². The van der Waals surface area contributed by atoms with Crippen molar-refractivity contribution in [2.24, 2.45) is 0 Å². The van der Waals surface area contributed by atoms with Gasteiger partial charge in [0.1, 0.15) is 5.75 Å². The molecule has 0 saturated heterocycles. The van der Waals surface area contributed by atoms with E-state index in [1.807, 2.05) is 61.5 Å². The second kappa shape index (κ2) is 8.48. The minimum atomic E-state index is 0.368. The molecule has 3 rings (SSSR count). The molecule has 0 heterocycles. The molecular weight excluding hydrogens is 268 g/mol. The smallest absolute Gasteiger partial charge is 0.118 e. The van der Waals surface area contributed by atoms with Gasteiger partial charge < -0.3 is 5.11 Å². The first-order valence-corrected chi connectivity index (χ1v) is 7.28. The van der Waals surface area contributed by atoms with E-state index in [1.165, 1.54) is 11.1 Å². The second-order valence-corrected chi connectivity index (χ2v) is 4.94. The summed E-state index contributed by atoms with van der Waals surface area (Å²) >= 11 is 0. The molecule has 0 atom stereocenters. The molecule has 0 saturated carbocycles. The molecule has 0 aliphatic heterocycles. The first kappa shape index (κ1) is 15.6. The van der Waals surface area contributed by atoms with Crippen molar-refractivity contribution in [3.05, 3.63) is 102 Å². The minimum absolute atomic E-state index is 0.368. The van der Waals surface area contributed by atoms with Crippen molar-refractivity contribution in [1.29, 1.82) is 0 Å². The van der Waals surface area contributed by atoms with E-state index in [0.29, 0.717) is 5.75 Å². The Morgan fingerprint density at radius 3 is 1.36 bits per heavy atom. The van der Waals surface area contributed by atoms with Gasteiger partial charge in [0, 0.05) is 0 Å². The van der Waals surface area contributed by atoms with Crippen molar-refractivity contribution >= 4 is 12.2 Å². The van der Waals surface area contributed by atoms with Gasteiger partial charge >= 0.3 is 0 Å². The zero-order valence-electron chi connectivity index (χ0n) is 12.7. The fraction of sp³-hybridized carbons (Fsp3) is 0.0476. The highest BCUT2D eigenvalue weighted by Crippen LogP contribution is 2.12. The van der Waals surface area contributed by atoms with Gasteiger partial charge in [-0.15, -0.1) is 0 Å². The number of para-hydroxylation sites is 1. The summed E-state index contributed by atoms with van der Waals surface area (Å²) in [7, 11) is 0. The van der Waals surface area contributed by atoms with Crippen molar-refractivity contribution in [2.45, 2.75) is 6.92 Å². The lowest BCUT2D eigenvalue weighted by molar-refractivity contribution is 0.471. The van der Waals surface area contributed by atoms with E-state index < -0.39 is 0 Å². The molecule has 110 valence electrons. The van der Waals surface area contributed by atoms with E-state index in [4.69, 9.17) is 5.11 Å². The molecule has 0 aliphatic carbocycles. The SMILES string of the molecule is C(=Cc1ccccc1)c1ccccc1.Cc1ccccc1O. The summed E-state index contributed by atoms with van der Waals surface area (Å²) in [5, 5.41) is 8.92. The highest BCUT2D eigenvalue weighted by atomic mass is 16.3. The normalized spacial score (nSPS) is 10.0. The first-order valence-electron chi connectivity index (χ1n) is 7.28. The van der Waals surface area contributed by atoms with Crippen molar-refractivity contribution in [3.63, 3.8) is 0 Å². The fourth-order valence-electron chi connectivity index (χ4n) is 1.88. The summed E-state index contributed by atoms with van der Waals surface area (Å²) in [6, 6.07) is 27.9. The molecule has 3 aromatic carbocycles. The number of aryl methyl sites for hydroxylation is 1. The zero-order valence-corrected chi connectivity index (χ0v) is 12.7. The van der Waals surface area contributed by atoms with Crippen LogP contribution in [0.5, 0.6) is 5.75 Å². The molecule has 3 aromatic rings. The summed E-state index contributed by atoms with van der Waals surface area (Å²) in [6.07, 6.45) is 4.24. The van der Waals surface area contributed by atoms with E-state index in [2.05, 4.69) is 36.4 Å². The average molecular weight is 288 g/mol. The molecule has 0 spiro atoms. The van der Waals surface area contributed by atoms with Gasteiger partial charge in [0.2, 0.25) is 0 Å². The molecule has 1 nitrogen and oxygen atoms in total. The Balaban J connectivity index is 0.000000188. The van der Waals surface area contributed by atoms with Gasteiger partial charge in [-0.05, 0) is 29.7 Å². The van der Waals surface area contributed by atoms with Crippen LogP contribution in [0.15, 0.2) is 84.9 Å². The molecule has 0 radical (unpaired) electrons. The third kappa shape index (κ3) is 5.29. The molecule has 0 fully saturated rings. The Labute approximate surface area is 132 Å². The van der Waals surface area contributed by atoms with Crippen LogP contribution >= 0.6 is 0 Å². The molecule has 0 amide bonds. The van der Waals surface area contributed by atoms with Gasteiger partial charge in [0.15, 0.2) is 0 Å². The number of rotatable bonds is 2. The molecule has 22 heavy (non-hydrogen) atoms. The zero-order chi connectivity index (χ0) is 15.6. The van der Waals surface area contributed by atoms with Crippen LogP contribution in [0, 0.1) is 6.92 Å². The lowest BCUT2D eigenvalue weighted by atomic mass is 10.1. The van der Waals surface area contributed by atoms with Crippen LogP contribution < -0.4 is 0 Å². The van der Waals surface area contributed by atoms with Gasteiger partial charge in [-0.1, -0.05) is 91.0 Å². The maximum atomic E-state index is 8.92. The van der Waals surface area contributed by atoms with Crippen LogP contribution in [0.2, 0.25) is 0 Å². The van der Waals surface area contributed by atoms with Gasteiger partial charge in [0.25, 0.3) is 0 Å². The average Bonchev–Trinajstić information content (AvgIpc) is 2.58. The summed E-state index contributed by atoms with van der Waals surface area (Å²) in [5.74, 6) is 0.368. The number of benzene rings is 3. The lowest BCUT2D eigenvalue weighted by Crippen LogP contribution is -1.70. The monoisotopic (exact) mass is 288 g/mol. The first-order chi connectivity index (χ1) is 10.8. The minimum Gasteiger partial charge on any atom is -0.508 e. The van der Waals surface area contributed by atoms with Crippen molar-refractivity contribution in [2.75, 3.05) is 0 Å². The van der Waals surface area contributed by atoms with Gasteiger partial charge in [-0.3, -0.25) is 0 Å². The standard InChI is InChI=1S/C14H12.C7H8O/c1-3-7-13(8-4-1)11-12-14-9-5-2-6-10-14;1-6-4-2-3-5-7(6)8/h1-12H;2-5,8H,1H3. The maximum absolute atomic E-state index is 8.92. The molecule has 1 N–H and O–H groups in total. The Hall–Kier alpha value is -2.80. The topological polar surface area (TPSA) is 20.2 Å². The van der Waals surface area contributed by atoms with Crippen molar-refractivity contribution in [1.82, 2.24) is 0 Å². The number of hydrogen-bond donors (Lipinski definition) is 1. The van der Waals surface area contributed by atoms with Crippen LogP contribution in [0.3, 0.4) is 0 Å². The third-order valence-electron chi connectivity index (χ3n) is 3.18. The van der Waals surface area contributed by atoms with Crippen LogP contribution in [-0.4, -0.2) is 5.11 Å². The largest absolute Gasteiger partial charge is 0.508 e. The molecule has 0 bridgehead atoms. The lowest BCUT2D eigenvalue weighted by Gasteiger charge is -1.92. The van der Waals surface area contributed by atoms with Gasteiger partial charge in [-0.2, -0.15) is 0 Å². The number of hydrogen-bond acceptors (Lipinski definition) is 1. The predicted molar refractivity (Wildman–Crippen MR) is 94.7 cm³/mol. The van der Waals surface area contributed by atoms with E-state index in [9.17, 15) is 0 Å². The summed E-state index contributed by atoms with van der Waals surface area (Å²) < 4.78 is 0. The Kier molecular flexibility index (Phi) is 6.01. The van der Waals surface area contributed by atoms with Crippen LogP contribution in [0.25, 0.3) is 12.2 Å². The third-order valence-corrected chi connectivity index (χ3v) is 3.18. The van der Waals surface area contributed by atoms with E-state index in [1.54, 1.807) is 6.07 Å². The van der Waals surface area contributed by atoms with Crippen molar-refractivity contribution in [3.8, 4) is 5.75 Å². The Morgan fingerprint density at radius 1 is 0.591 bits per heavy atom. The molecular formula is C21H20O. The highest BCUT2D eigenvalue weighted by Gasteiger charge is 1.87. The summed E-state index contributed by atoms with van der Waals surface area (Å²) in [4.78, 5) is 0. The molecule has 1 heteroatoms. The highest BCUT2D eigenvalue weighted by molar-refractivity contribution is 5.69. The van der Waals surface area contributed by atoms with E-state index in [0.717, 1.165) is 5.56 Å². The van der Waals surface area contributed by atoms with Crippen LogP contribution in [0.1, 0.15) is 16.7 Å². The molecule has 0 aliphatic rings. The molecule has 0 aromatic heterocycles. The molecule has 0 unspecified atom stereocenters. The summed E-state index contributed by atoms with van der Waals surface area (Å²) in [5.41, 5.74) is 3.39. The van der Waals surface area contributed by atoms with E-state index >= 15 is 0 Å². The van der Waals surface area contributed by atoms with Gasteiger partial charge in [-0.25, -0.2) is 0 Å². The van der Waals surface area contributed by atoms with E-state index in [-0.39, 0.29) is 0 Å². The summed E-state index contributed by atoms with van der Waals surface area (Å²) in [6.45, 7) is 1.87.